The van der Waals surface area contributed by atoms with Crippen molar-refractivity contribution in [1.29, 1.82) is 0 Å². The average molecular weight is 556 g/mol. The molecule has 2 aliphatic rings. The third kappa shape index (κ3) is 4.43. The smallest absolute Gasteiger partial charge is 0.291 e. The largest absolute Gasteiger partial charge is 0.463 e. The molecule has 40 heavy (non-hydrogen) atoms. The first-order valence-electron chi connectivity index (χ1n) is 13.2. The first-order chi connectivity index (χ1) is 19.2. The van der Waals surface area contributed by atoms with E-state index in [1.54, 1.807) is 12.1 Å². The number of halogens is 1. The lowest BCUT2D eigenvalue weighted by molar-refractivity contribution is 0.101. The average Bonchev–Trinajstić information content (AvgIpc) is 3.51. The highest BCUT2D eigenvalue weighted by molar-refractivity contribution is 6.33. The van der Waals surface area contributed by atoms with Crippen molar-refractivity contribution in [3.63, 3.8) is 0 Å². The number of aromatic nitrogens is 2. The standard InChI is InChI=1S/C31H30ClN5O3/c1-17-20(7-5-9-22(17)31-35-25-14-19(16-38)13-23(32)28(25)40-31)21-8-6-10-24(18(21)2)34-30(39)29-33-26-15-36(3)12-11-27(26)37(29)4/h5-10,13-14,16,31,35H,11-12,15H2,1-4H3,(H,34,39). The molecule has 6 rings (SSSR count). The number of benzene rings is 3. The maximum absolute atomic E-state index is 13.3. The minimum Gasteiger partial charge on any atom is -0.463 e. The van der Waals surface area contributed by atoms with E-state index in [4.69, 9.17) is 16.3 Å². The van der Waals surface area contributed by atoms with Crippen molar-refractivity contribution in [1.82, 2.24) is 14.5 Å². The van der Waals surface area contributed by atoms with Gasteiger partial charge in [-0.1, -0.05) is 41.9 Å². The van der Waals surface area contributed by atoms with Gasteiger partial charge in [-0.2, -0.15) is 0 Å². The Morgan fingerprint density at radius 1 is 1.12 bits per heavy atom. The van der Waals surface area contributed by atoms with E-state index in [9.17, 15) is 9.59 Å². The Balaban J connectivity index is 1.29. The van der Waals surface area contributed by atoms with Gasteiger partial charge in [-0.05, 0) is 61.3 Å². The quantitative estimate of drug-likeness (QED) is 0.297. The third-order valence-electron chi connectivity index (χ3n) is 7.90. The number of aldehydes is 1. The Labute approximate surface area is 237 Å². The molecule has 4 aromatic rings. The summed E-state index contributed by atoms with van der Waals surface area (Å²) in [6, 6.07) is 15.3. The van der Waals surface area contributed by atoms with Crippen molar-refractivity contribution in [3.8, 4) is 16.9 Å². The molecule has 9 heteroatoms. The number of hydrogen-bond donors (Lipinski definition) is 2. The van der Waals surface area contributed by atoms with Crippen LogP contribution in [0.1, 0.15) is 55.3 Å². The van der Waals surface area contributed by atoms with Crippen LogP contribution in [0.25, 0.3) is 11.1 Å². The minimum atomic E-state index is -0.453. The van der Waals surface area contributed by atoms with Gasteiger partial charge in [0.05, 0.1) is 16.4 Å². The summed E-state index contributed by atoms with van der Waals surface area (Å²) >= 11 is 6.38. The van der Waals surface area contributed by atoms with Gasteiger partial charge in [-0.15, -0.1) is 0 Å². The van der Waals surface area contributed by atoms with Crippen molar-refractivity contribution in [3.05, 3.63) is 93.0 Å². The van der Waals surface area contributed by atoms with Gasteiger partial charge in [0.25, 0.3) is 5.91 Å². The summed E-state index contributed by atoms with van der Waals surface area (Å²) in [5.74, 6) is 0.729. The predicted molar refractivity (Wildman–Crippen MR) is 156 cm³/mol. The second-order valence-corrected chi connectivity index (χ2v) is 10.9. The lowest BCUT2D eigenvalue weighted by Crippen LogP contribution is -2.27. The zero-order chi connectivity index (χ0) is 28.1. The van der Waals surface area contributed by atoms with E-state index < -0.39 is 6.23 Å². The summed E-state index contributed by atoms with van der Waals surface area (Å²) in [6.45, 7) is 5.76. The fraction of sp³-hybridized carbons (Fsp3) is 0.258. The molecule has 0 bridgehead atoms. The topological polar surface area (TPSA) is 88.5 Å². The summed E-state index contributed by atoms with van der Waals surface area (Å²) in [4.78, 5) is 31.5. The summed E-state index contributed by atoms with van der Waals surface area (Å²) < 4.78 is 8.09. The van der Waals surface area contributed by atoms with Gasteiger partial charge >= 0.3 is 0 Å². The molecule has 1 atom stereocenters. The van der Waals surface area contributed by atoms with Gasteiger partial charge in [-0.25, -0.2) is 4.98 Å². The molecule has 0 spiro atoms. The first kappa shape index (κ1) is 26.1. The van der Waals surface area contributed by atoms with Crippen molar-refractivity contribution in [2.45, 2.75) is 33.0 Å². The maximum Gasteiger partial charge on any atom is 0.291 e. The summed E-state index contributed by atoms with van der Waals surface area (Å²) in [5, 5.41) is 6.84. The monoisotopic (exact) mass is 555 g/mol. The summed E-state index contributed by atoms with van der Waals surface area (Å²) in [6.07, 6.45) is 1.19. The van der Waals surface area contributed by atoms with Crippen LogP contribution in [0.5, 0.6) is 5.75 Å². The molecule has 2 aliphatic heterocycles. The molecule has 0 radical (unpaired) electrons. The van der Waals surface area contributed by atoms with Crippen LogP contribution in [-0.4, -0.2) is 40.2 Å². The SMILES string of the molecule is Cc1c(NC(=O)c2nc3c(n2C)CCN(C)C3)cccc1-c1cccc(C2Nc3cc(C=O)cc(Cl)c3O2)c1C. The zero-order valence-corrected chi connectivity index (χ0v) is 23.6. The summed E-state index contributed by atoms with van der Waals surface area (Å²) in [5.41, 5.74) is 8.98. The number of anilines is 2. The molecule has 3 aromatic carbocycles. The van der Waals surface area contributed by atoms with Crippen LogP contribution in [0, 0.1) is 13.8 Å². The van der Waals surface area contributed by atoms with Crippen molar-refractivity contribution < 1.29 is 14.3 Å². The minimum absolute atomic E-state index is 0.224. The van der Waals surface area contributed by atoms with Gasteiger partial charge in [0, 0.05) is 49.1 Å². The van der Waals surface area contributed by atoms with Crippen molar-refractivity contribution >= 4 is 35.2 Å². The molecule has 0 aliphatic carbocycles. The van der Waals surface area contributed by atoms with Crippen LogP contribution < -0.4 is 15.4 Å². The number of carbonyl (C=O) groups is 2. The highest BCUT2D eigenvalue weighted by Gasteiger charge is 2.29. The second kappa shape index (κ2) is 10.1. The third-order valence-corrected chi connectivity index (χ3v) is 8.19. The Kier molecular flexibility index (Phi) is 6.60. The van der Waals surface area contributed by atoms with Crippen LogP contribution in [0.3, 0.4) is 0 Å². The fourth-order valence-corrected chi connectivity index (χ4v) is 5.94. The molecular weight excluding hydrogens is 526 g/mol. The summed E-state index contributed by atoms with van der Waals surface area (Å²) in [7, 11) is 3.98. The predicted octanol–water partition coefficient (Wildman–Crippen LogP) is 5.91. The Morgan fingerprint density at radius 2 is 1.88 bits per heavy atom. The Morgan fingerprint density at radius 3 is 2.65 bits per heavy atom. The van der Waals surface area contributed by atoms with E-state index in [-0.39, 0.29) is 5.91 Å². The van der Waals surface area contributed by atoms with Gasteiger partial charge in [0.15, 0.2) is 17.8 Å². The number of carbonyl (C=O) groups excluding carboxylic acids is 2. The van der Waals surface area contributed by atoms with Gasteiger partial charge < -0.3 is 24.8 Å². The molecule has 8 nitrogen and oxygen atoms in total. The number of likely N-dealkylation sites (N-methyl/N-ethyl adjacent to an activating group) is 1. The number of nitrogens with one attached hydrogen (secondary N) is 2. The molecule has 0 saturated carbocycles. The van der Waals surface area contributed by atoms with Crippen LogP contribution >= 0.6 is 11.6 Å². The first-order valence-corrected chi connectivity index (χ1v) is 13.6. The van der Waals surface area contributed by atoms with Gasteiger partial charge in [-0.3, -0.25) is 9.59 Å². The number of rotatable bonds is 5. The van der Waals surface area contributed by atoms with E-state index in [1.807, 2.05) is 42.8 Å². The molecule has 2 N–H and O–H groups in total. The molecule has 204 valence electrons. The van der Waals surface area contributed by atoms with Crippen molar-refractivity contribution in [2.75, 3.05) is 24.2 Å². The van der Waals surface area contributed by atoms with E-state index in [0.717, 1.165) is 70.7 Å². The van der Waals surface area contributed by atoms with Crippen LogP contribution in [0.4, 0.5) is 11.4 Å². The number of imidazole rings is 1. The van der Waals surface area contributed by atoms with Crippen LogP contribution in [0.15, 0.2) is 48.5 Å². The van der Waals surface area contributed by atoms with Crippen molar-refractivity contribution in [2.24, 2.45) is 7.05 Å². The van der Waals surface area contributed by atoms with E-state index >= 15 is 0 Å². The van der Waals surface area contributed by atoms with E-state index in [0.29, 0.717) is 27.8 Å². The molecule has 0 saturated heterocycles. The number of hydrogen-bond acceptors (Lipinski definition) is 6. The van der Waals surface area contributed by atoms with Gasteiger partial charge in [0.2, 0.25) is 0 Å². The molecule has 1 unspecified atom stereocenters. The molecular formula is C31H30ClN5O3. The number of nitrogens with zero attached hydrogens (tertiary/aromatic N) is 3. The molecule has 1 amide bonds. The Bertz CT molecular complexity index is 1680. The highest BCUT2D eigenvalue weighted by atomic mass is 35.5. The van der Waals surface area contributed by atoms with Gasteiger partial charge in [0.1, 0.15) is 6.29 Å². The fourth-order valence-electron chi connectivity index (χ4n) is 5.67. The van der Waals surface area contributed by atoms with Crippen LogP contribution in [-0.2, 0) is 20.0 Å². The molecule has 0 fully saturated rings. The highest BCUT2D eigenvalue weighted by Crippen LogP contribution is 2.45. The Hall–Kier alpha value is -4.14. The molecule has 1 aromatic heterocycles. The molecule has 3 heterocycles. The lowest BCUT2D eigenvalue weighted by atomic mass is 9.92. The normalized spacial score (nSPS) is 16.1. The van der Waals surface area contributed by atoms with Crippen LogP contribution in [0.2, 0.25) is 5.02 Å². The van der Waals surface area contributed by atoms with E-state index in [1.165, 1.54) is 0 Å². The number of ether oxygens (including phenoxy) is 1. The number of amides is 1. The zero-order valence-electron chi connectivity index (χ0n) is 22.8. The van der Waals surface area contributed by atoms with E-state index in [2.05, 4.69) is 46.6 Å². The number of fused-ring (bicyclic) bond motifs is 2. The second-order valence-electron chi connectivity index (χ2n) is 10.5. The maximum atomic E-state index is 13.3. The lowest BCUT2D eigenvalue weighted by Gasteiger charge is -2.21.